The predicted molar refractivity (Wildman–Crippen MR) is 77.0 cm³/mol. The molecule has 19 heavy (non-hydrogen) atoms. The SMILES string of the molecule is CC(C)Oc1cccc(C(=O)N2CCCC(Cl)C2)c1. The fourth-order valence-corrected chi connectivity index (χ4v) is 2.59. The van der Waals surface area contributed by atoms with Gasteiger partial charge in [-0.15, -0.1) is 11.6 Å². The molecular formula is C15H20ClNO2. The van der Waals surface area contributed by atoms with Crippen LogP contribution in [0.4, 0.5) is 0 Å². The second kappa shape index (κ2) is 6.29. The van der Waals surface area contributed by atoms with Crippen LogP contribution < -0.4 is 4.74 Å². The molecule has 0 bridgehead atoms. The summed E-state index contributed by atoms with van der Waals surface area (Å²) in [6.07, 6.45) is 2.07. The number of nitrogens with zero attached hydrogens (tertiary/aromatic N) is 1. The van der Waals surface area contributed by atoms with Gasteiger partial charge in [-0.1, -0.05) is 6.07 Å². The van der Waals surface area contributed by atoms with Gasteiger partial charge in [0.2, 0.25) is 0 Å². The molecular weight excluding hydrogens is 262 g/mol. The lowest BCUT2D eigenvalue weighted by molar-refractivity contribution is 0.0726. The van der Waals surface area contributed by atoms with Crippen LogP contribution in [-0.2, 0) is 0 Å². The monoisotopic (exact) mass is 281 g/mol. The molecule has 1 aromatic rings. The zero-order valence-corrected chi connectivity index (χ0v) is 12.2. The van der Waals surface area contributed by atoms with Crippen LogP contribution in [0.2, 0.25) is 0 Å². The number of amides is 1. The normalized spacial score (nSPS) is 19.6. The molecule has 1 aliphatic heterocycles. The van der Waals surface area contributed by atoms with Crippen molar-refractivity contribution < 1.29 is 9.53 Å². The van der Waals surface area contributed by atoms with Gasteiger partial charge < -0.3 is 9.64 Å². The summed E-state index contributed by atoms with van der Waals surface area (Å²) >= 11 is 6.12. The van der Waals surface area contributed by atoms with Crippen LogP contribution in [0.15, 0.2) is 24.3 Å². The summed E-state index contributed by atoms with van der Waals surface area (Å²) in [5.41, 5.74) is 0.670. The van der Waals surface area contributed by atoms with E-state index in [-0.39, 0.29) is 17.4 Å². The molecule has 0 N–H and O–H groups in total. The number of likely N-dealkylation sites (tertiary alicyclic amines) is 1. The topological polar surface area (TPSA) is 29.5 Å². The summed E-state index contributed by atoms with van der Waals surface area (Å²) in [5, 5.41) is 0.0767. The van der Waals surface area contributed by atoms with Crippen molar-refractivity contribution in [3.63, 3.8) is 0 Å². The number of hydrogen-bond donors (Lipinski definition) is 0. The van der Waals surface area contributed by atoms with Crippen LogP contribution in [0.25, 0.3) is 0 Å². The van der Waals surface area contributed by atoms with Gasteiger partial charge in [0, 0.05) is 18.7 Å². The molecule has 1 fully saturated rings. The van der Waals surface area contributed by atoms with Crippen molar-refractivity contribution in [1.82, 2.24) is 4.90 Å². The van der Waals surface area contributed by atoms with Crippen molar-refractivity contribution in [2.24, 2.45) is 0 Å². The van der Waals surface area contributed by atoms with E-state index < -0.39 is 0 Å². The number of rotatable bonds is 3. The Kier molecular flexibility index (Phi) is 4.70. The number of carbonyl (C=O) groups excluding carboxylic acids is 1. The summed E-state index contributed by atoms with van der Waals surface area (Å²) in [5.74, 6) is 0.778. The molecule has 104 valence electrons. The largest absolute Gasteiger partial charge is 0.491 e. The van der Waals surface area contributed by atoms with E-state index in [4.69, 9.17) is 16.3 Å². The smallest absolute Gasteiger partial charge is 0.254 e. The molecule has 1 aromatic carbocycles. The maximum Gasteiger partial charge on any atom is 0.254 e. The quantitative estimate of drug-likeness (QED) is 0.796. The van der Waals surface area contributed by atoms with Crippen LogP contribution >= 0.6 is 11.6 Å². The molecule has 0 spiro atoms. The van der Waals surface area contributed by atoms with Gasteiger partial charge >= 0.3 is 0 Å². The van der Waals surface area contributed by atoms with E-state index in [2.05, 4.69) is 0 Å². The predicted octanol–water partition coefficient (Wildman–Crippen LogP) is 3.32. The molecule has 1 aliphatic rings. The maximum absolute atomic E-state index is 12.4. The molecule has 4 heteroatoms. The van der Waals surface area contributed by atoms with E-state index in [1.54, 1.807) is 6.07 Å². The highest BCUT2D eigenvalue weighted by Gasteiger charge is 2.23. The number of benzene rings is 1. The standard InChI is InChI=1S/C15H20ClNO2/c1-11(2)19-14-7-3-5-12(9-14)15(18)17-8-4-6-13(16)10-17/h3,5,7,9,11,13H,4,6,8,10H2,1-2H3. The Morgan fingerprint density at radius 1 is 1.47 bits per heavy atom. The first-order valence-electron chi connectivity index (χ1n) is 6.76. The summed E-state index contributed by atoms with van der Waals surface area (Å²) in [4.78, 5) is 14.2. The van der Waals surface area contributed by atoms with E-state index in [0.717, 1.165) is 25.1 Å². The fraction of sp³-hybridized carbons (Fsp3) is 0.533. The summed E-state index contributed by atoms with van der Waals surface area (Å²) in [7, 11) is 0. The van der Waals surface area contributed by atoms with Gasteiger partial charge in [-0.2, -0.15) is 0 Å². The van der Waals surface area contributed by atoms with E-state index in [0.29, 0.717) is 12.1 Å². The van der Waals surface area contributed by atoms with Crippen LogP contribution in [0.1, 0.15) is 37.0 Å². The lowest BCUT2D eigenvalue weighted by Crippen LogP contribution is -2.40. The minimum atomic E-state index is 0.0413. The molecule has 1 heterocycles. The number of carbonyl (C=O) groups is 1. The highest BCUT2D eigenvalue weighted by atomic mass is 35.5. The highest BCUT2D eigenvalue weighted by Crippen LogP contribution is 2.20. The van der Waals surface area contributed by atoms with Crippen LogP contribution in [0.3, 0.4) is 0 Å². The van der Waals surface area contributed by atoms with Crippen LogP contribution in [0, 0.1) is 0 Å². The Hall–Kier alpha value is -1.22. The molecule has 0 aliphatic carbocycles. The Labute approximate surface area is 119 Å². The minimum Gasteiger partial charge on any atom is -0.491 e. The van der Waals surface area contributed by atoms with E-state index in [1.807, 2.05) is 36.9 Å². The molecule has 3 nitrogen and oxygen atoms in total. The van der Waals surface area contributed by atoms with Crippen LogP contribution in [-0.4, -0.2) is 35.4 Å². The average Bonchev–Trinajstić information content (AvgIpc) is 2.37. The van der Waals surface area contributed by atoms with Gasteiger partial charge in [-0.25, -0.2) is 0 Å². The molecule has 2 rings (SSSR count). The van der Waals surface area contributed by atoms with Crippen molar-refractivity contribution in [2.45, 2.75) is 38.2 Å². The zero-order valence-electron chi connectivity index (χ0n) is 11.4. The van der Waals surface area contributed by atoms with Crippen molar-refractivity contribution in [3.8, 4) is 5.75 Å². The lowest BCUT2D eigenvalue weighted by atomic mass is 10.1. The molecule has 1 amide bonds. The van der Waals surface area contributed by atoms with Crippen molar-refractivity contribution in [1.29, 1.82) is 0 Å². The van der Waals surface area contributed by atoms with Gasteiger partial charge in [0.15, 0.2) is 0 Å². The van der Waals surface area contributed by atoms with E-state index in [1.165, 1.54) is 0 Å². The third kappa shape index (κ3) is 3.87. The molecule has 0 radical (unpaired) electrons. The Bertz CT molecular complexity index is 448. The summed E-state index contributed by atoms with van der Waals surface area (Å²) in [6, 6.07) is 7.36. The molecule has 1 atom stereocenters. The molecule has 0 aromatic heterocycles. The summed E-state index contributed by atoms with van der Waals surface area (Å²) < 4.78 is 5.62. The molecule has 1 saturated heterocycles. The molecule has 1 unspecified atom stereocenters. The van der Waals surface area contributed by atoms with Gasteiger partial charge in [0.25, 0.3) is 5.91 Å². The highest BCUT2D eigenvalue weighted by molar-refractivity contribution is 6.21. The van der Waals surface area contributed by atoms with Crippen molar-refractivity contribution in [3.05, 3.63) is 29.8 Å². The van der Waals surface area contributed by atoms with Gasteiger partial charge in [0.05, 0.1) is 11.5 Å². The van der Waals surface area contributed by atoms with Gasteiger partial charge in [0.1, 0.15) is 5.75 Å². The third-order valence-corrected chi connectivity index (χ3v) is 3.46. The third-order valence-electron chi connectivity index (χ3n) is 3.10. The van der Waals surface area contributed by atoms with E-state index >= 15 is 0 Å². The number of hydrogen-bond acceptors (Lipinski definition) is 2. The van der Waals surface area contributed by atoms with Gasteiger partial charge in [-0.05, 0) is 44.9 Å². The fourth-order valence-electron chi connectivity index (χ4n) is 2.27. The number of halogens is 1. The molecule has 0 saturated carbocycles. The Morgan fingerprint density at radius 2 is 2.26 bits per heavy atom. The maximum atomic E-state index is 12.4. The first kappa shape index (κ1) is 14.2. The Balaban J connectivity index is 2.10. The summed E-state index contributed by atoms with van der Waals surface area (Å²) in [6.45, 7) is 5.36. The average molecular weight is 282 g/mol. The zero-order chi connectivity index (χ0) is 13.8. The van der Waals surface area contributed by atoms with E-state index in [9.17, 15) is 4.79 Å². The second-order valence-corrected chi connectivity index (χ2v) is 5.80. The van der Waals surface area contributed by atoms with Crippen LogP contribution in [0.5, 0.6) is 5.75 Å². The lowest BCUT2D eigenvalue weighted by Gasteiger charge is -2.30. The van der Waals surface area contributed by atoms with Crippen molar-refractivity contribution in [2.75, 3.05) is 13.1 Å². The van der Waals surface area contributed by atoms with Crippen molar-refractivity contribution >= 4 is 17.5 Å². The minimum absolute atomic E-state index is 0.0413. The Morgan fingerprint density at radius 3 is 2.95 bits per heavy atom. The second-order valence-electron chi connectivity index (χ2n) is 5.19. The number of alkyl halides is 1. The number of ether oxygens (including phenoxy) is 1. The first-order chi connectivity index (χ1) is 9.06. The van der Waals surface area contributed by atoms with Gasteiger partial charge in [-0.3, -0.25) is 4.79 Å². The number of piperidine rings is 1. The first-order valence-corrected chi connectivity index (χ1v) is 7.20.